The summed E-state index contributed by atoms with van der Waals surface area (Å²) in [6, 6.07) is 10.2. The Balaban J connectivity index is 1.78. The van der Waals surface area contributed by atoms with Gasteiger partial charge in [-0.15, -0.1) is 0 Å². The van der Waals surface area contributed by atoms with Gasteiger partial charge >= 0.3 is 0 Å². The van der Waals surface area contributed by atoms with E-state index >= 15 is 0 Å². The Morgan fingerprint density at radius 3 is 2.57 bits per heavy atom. The molecule has 0 saturated carbocycles. The van der Waals surface area contributed by atoms with Gasteiger partial charge in [-0.3, -0.25) is 4.98 Å². The van der Waals surface area contributed by atoms with E-state index in [0.29, 0.717) is 17.9 Å². The van der Waals surface area contributed by atoms with Crippen molar-refractivity contribution in [2.24, 2.45) is 0 Å². The lowest BCUT2D eigenvalue weighted by atomic mass is 9.76. The normalized spacial score (nSPS) is 16.2. The van der Waals surface area contributed by atoms with Crippen LogP contribution < -0.4 is 18.9 Å². The van der Waals surface area contributed by atoms with Gasteiger partial charge in [-0.25, -0.2) is 0 Å². The van der Waals surface area contributed by atoms with Crippen LogP contribution >= 0.6 is 0 Å². The van der Waals surface area contributed by atoms with E-state index in [2.05, 4.69) is 11.1 Å². The van der Waals surface area contributed by atoms with Crippen LogP contribution in [0.25, 0.3) is 22.0 Å². The Kier molecular flexibility index (Phi) is 3.76. The molecule has 0 amide bonds. The van der Waals surface area contributed by atoms with Crippen LogP contribution in [0.3, 0.4) is 0 Å². The van der Waals surface area contributed by atoms with E-state index in [0.717, 1.165) is 45.5 Å². The lowest BCUT2D eigenvalue weighted by Gasteiger charge is -2.28. The summed E-state index contributed by atoms with van der Waals surface area (Å²) in [5, 5.41) is 10.4. The third kappa shape index (κ3) is 2.36. The van der Waals surface area contributed by atoms with Crippen LogP contribution in [-0.2, 0) is 6.42 Å². The summed E-state index contributed by atoms with van der Waals surface area (Å²) in [6.45, 7) is 0.227. The summed E-state index contributed by atoms with van der Waals surface area (Å²) in [7, 11) is 3.25. The Hall–Kier alpha value is -3.46. The van der Waals surface area contributed by atoms with Crippen molar-refractivity contribution in [1.82, 2.24) is 4.98 Å². The highest BCUT2D eigenvalue weighted by Gasteiger charge is 2.29. The van der Waals surface area contributed by atoms with Gasteiger partial charge in [0.15, 0.2) is 23.0 Å². The van der Waals surface area contributed by atoms with Gasteiger partial charge in [0, 0.05) is 35.6 Å². The number of pyridine rings is 1. The van der Waals surface area contributed by atoms with Crippen molar-refractivity contribution in [2.45, 2.75) is 18.8 Å². The number of benzene rings is 2. The maximum atomic E-state index is 9.40. The van der Waals surface area contributed by atoms with Gasteiger partial charge in [0.05, 0.1) is 25.8 Å². The second kappa shape index (κ2) is 6.31. The van der Waals surface area contributed by atoms with Crippen molar-refractivity contribution in [3.8, 4) is 40.2 Å². The zero-order chi connectivity index (χ0) is 19.3. The lowest BCUT2D eigenvalue weighted by Crippen LogP contribution is -2.13. The predicted molar refractivity (Wildman–Crippen MR) is 103 cm³/mol. The summed E-state index contributed by atoms with van der Waals surface area (Å²) in [4.78, 5) is 4.67. The van der Waals surface area contributed by atoms with Gasteiger partial charge in [0.25, 0.3) is 0 Å². The largest absolute Gasteiger partial charge is 0.493 e. The minimum absolute atomic E-state index is 0.0725. The highest BCUT2D eigenvalue weighted by atomic mass is 16.7. The summed E-state index contributed by atoms with van der Waals surface area (Å²) >= 11 is 0. The summed E-state index contributed by atoms with van der Waals surface area (Å²) in [5.74, 6) is 2.86. The number of methoxy groups -OCH3 is 2. The minimum Gasteiger partial charge on any atom is -0.493 e. The summed E-state index contributed by atoms with van der Waals surface area (Å²) in [5.41, 5.74) is 5.21. The Morgan fingerprint density at radius 2 is 1.82 bits per heavy atom. The molecule has 28 heavy (non-hydrogen) atoms. The predicted octanol–water partition coefficient (Wildman–Crippen LogP) is 4.20. The van der Waals surface area contributed by atoms with Crippen molar-refractivity contribution in [3.05, 3.63) is 41.6 Å². The Bertz CT molecular complexity index is 1150. The first kappa shape index (κ1) is 16.7. The average molecular weight is 374 g/mol. The van der Waals surface area contributed by atoms with Crippen LogP contribution in [0.15, 0.2) is 30.5 Å². The molecule has 3 aromatic rings. The van der Waals surface area contributed by atoms with Crippen molar-refractivity contribution in [1.29, 1.82) is 5.26 Å². The van der Waals surface area contributed by atoms with Crippen molar-refractivity contribution >= 4 is 10.9 Å². The number of fused-ring (bicyclic) bond motifs is 6. The molecule has 0 N–H and O–H groups in total. The van der Waals surface area contributed by atoms with Crippen molar-refractivity contribution < 1.29 is 18.9 Å². The molecule has 5 rings (SSSR count). The zero-order valence-corrected chi connectivity index (χ0v) is 15.6. The molecule has 1 atom stereocenters. The van der Waals surface area contributed by atoms with Gasteiger partial charge in [-0.1, -0.05) is 0 Å². The molecule has 1 aliphatic heterocycles. The molecular formula is C22H18N2O4. The van der Waals surface area contributed by atoms with E-state index in [1.165, 1.54) is 5.56 Å². The van der Waals surface area contributed by atoms with Crippen LogP contribution in [0.2, 0.25) is 0 Å². The van der Waals surface area contributed by atoms with E-state index in [1.54, 1.807) is 14.2 Å². The fraction of sp³-hybridized carbons (Fsp3) is 0.273. The maximum Gasteiger partial charge on any atom is 0.231 e. The molecule has 2 aromatic carbocycles. The highest BCUT2D eigenvalue weighted by molar-refractivity contribution is 5.93. The molecule has 0 bridgehead atoms. The molecular weight excluding hydrogens is 356 g/mol. The van der Waals surface area contributed by atoms with E-state index in [1.807, 2.05) is 30.5 Å². The smallest absolute Gasteiger partial charge is 0.231 e. The van der Waals surface area contributed by atoms with Crippen molar-refractivity contribution in [3.63, 3.8) is 0 Å². The SMILES string of the molecule is COc1cc2c(cc1OC)C(CC#N)Cc1c-2cnc2cc3c(cc12)OCO3. The second-order valence-corrected chi connectivity index (χ2v) is 6.93. The van der Waals surface area contributed by atoms with E-state index < -0.39 is 0 Å². The number of aromatic nitrogens is 1. The molecule has 0 fully saturated rings. The third-order valence-electron chi connectivity index (χ3n) is 5.55. The van der Waals surface area contributed by atoms with Crippen molar-refractivity contribution in [2.75, 3.05) is 21.0 Å². The molecule has 2 aliphatic rings. The van der Waals surface area contributed by atoms with Crippen LogP contribution in [0.4, 0.5) is 0 Å². The number of ether oxygens (including phenoxy) is 4. The standard InChI is InChI=1S/C22H18N2O4/c1-25-19-6-13-12(3-4-23)5-14-16-8-21-22(28-11-27-21)9-18(16)24-10-17(14)15(13)7-20(19)26-2/h6-10,12H,3,5,11H2,1-2H3. The molecule has 2 heterocycles. The molecule has 0 radical (unpaired) electrons. The van der Waals surface area contributed by atoms with Crippen LogP contribution in [0.1, 0.15) is 23.5 Å². The quantitative estimate of drug-likeness (QED) is 0.684. The monoisotopic (exact) mass is 374 g/mol. The minimum atomic E-state index is 0.0725. The third-order valence-corrected chi connectivity index (χ3v) is 5.55. The topological polar surface area (TPSA) is 73.6 Å². The number of nitriles is 1. The molecule has 1 aliphatic carbocycles. The van der Waals surface area contributed by atoms with Gasteiger partial charge in [-0.2, -0.15) is 5.26 Å². The molecule has 140 valence electrons. The summed E-state index contributed by atoms with van der Waals surface area (Å²) in [6.07, 6.45) is 3.08. The van der Waals surface area contributed by atoms with E-state index in [-0.39, 0.29) is 12.7 Å². The van der Waals surface area contributed by atoms with Gasteiger partial charge in [-0.05, 0) is 41.3 Å². The van der Waals surface area contributed by atoms with E-state index in [9.17, 15) is 5.26 Å². The maximum absolute atomic E-state index is 9.40. The van der Waals surface area contributed by atoms with Crippen LogP contribution in [0, 0.1) is 11.3 Å². The number of hydrogen-bond acceptors (Lipinski definition) is 6. The zero-order valence-electron chi connectivity index (χ0n) is 15.6. The highest BCUT2D eigenvalue weighted by Crippen LogP contribution is 2.48. The fourth-order valence-corrected chi connectivity index (χ4v) is 4.20. The number of nitrogens with zero attached hydrogens (tertiary/aromatic N) is 2. The van der Waals surface area contributed by atoms with Gasteiger partial charge in [0.2, 0.25) is 6.79 Å². The van der Waals surface area contributed by atoms with Gasteiger partial charge < -0.3 is 18.9 Å². The Morgan fingerprint density at radius 1 is 1.07 bits per heavy atom. The molecule has 6 heteroatoms. The average Bonchev–Trinajstić information content (AvgIpc) is 3.18. The van der Waals surface area contributed by atoms with E-state index in [4.69, 9.17) is 18.9 Å². The first-order chi connectivity index (χ1) is 13.7. The van der Waals surface area contributed by atoms with Gasteiger partial charge in [0.1, 0.15) is 0 Å². The first-order valence-corrected chi connectivity index (χ1v) is 9.08. The van der Waals surface area contributed by atoms with Crippen LogP contribution in [-0.4, -0.2) is 26.0 Å². The molecule has 0 saturated heterocycles. The number of hydrogen-bond donors (Lipinski definition) is 0. The lowest BCUT2D eigenvalue weighted by molar-refractivity contribution is 0.174. The molecule has 0 spiro atoms. The molecule has 6 nitrogen and oxygen atoms in total. The number of rotatable bonds is 3. The second-order valence-electron chi connectivity index (χ2n) is 6.93. The fourth-order valence-electron chi connectivity index (χ4n) is 4.20. The van der Waals surface area contributed by atoms with Crippen LogP contribution in [0.5, 0.6) is 23.0 Å². The molecule has 1 aromatic heterocycles. The summed E-state index contributed by atoms with van der Waals surface area (Å²) < 4.78 is 22.1. The first-order valence-electron chi connectivity index (χ1n) is 9.08. The Labute approximate surface area is 162 Å². The molecule has 1 unspecified atom stereocenters.